The molecule has 2 rings (SSSR count). The van der Waals surface area contributed by atoms with E-state index in [0.29, 0.717) is 12.4 Å². The third kappa shape index (κ3) is 1.89. The number of hydrogen-bond acceptors (Lipinski definition) is 2. The van der Waals surface area contributed by atoms with E-state index >= 15 is 0 Å². The van der Waals surface area contributed by atoms with E-state index in [0.717, 1.165) is 10.9 Å². The lowest BCUT2D eigenvalue weighted by atomic mass is 10.2. The van der Waals surface area contributed by atoms with Crippen molar-refractivity contribution in [2.75, 3.05) is 11.4 Å². The molecule has 2 aromatic rings. The molecule has 3 nitrogen and oxygen atoms in total. The molecule has 3 heteroatoms. The van der Waals surface area contributed by atoms with E-state index < -0.39 is 0 Å². The zero-order valence-corrected chi connectivity index (χ0v) is 9.47. The Morgan fingerprint density at radius 3 is 2.69 bits per heavy atom. The van der Waals surface area contributed by atoms with Crippen LogP contribution < -0.4 is 4.90 Å². The fourth-order valence-corrected chi connectivity index (χ4v) is 1.75. The summed E-state index contributed by atoms with van der Waals surface area (Å²) in [6.45, 7) is 4.14. The summed E-state index contributed by atoms with van der Waals surface area (Å²) >= 11 is 0. The highest BCUT2D eigenvalue weighted by molar-refractivity contribution is 5.92. The minimum Gasteiger partial charge on any atom is -0.297 e. The molecule has 0 fully saturated rings. The average Bonchev–Trinajstić information content (AvgIpc) is 2.29. The Hall–Kier alpha value is -1.90. The number of benzene rings is 1. The van der Waals surface area contributed by atoms with Crippen molar-refractivity contribution in [1.29, 1.82) is 0 Å². The topological polar surface area (TPSA) is 33.2 Å². The van der Waals surface area contributed by atoms with E-state index in [9.17, 15) is 4.79 Å². The molecule has 0 aliphatic carbocycles. The Morgan fingerprint density at radius 2 is 2.00 bits per heavy atom. The molecule has 0 radical (unpaired) electrons. The third-order valence-corrected chi connectivity index (χ3v) is 2.56. The van der Waals surface area contributed by atoms with E-state index in [1.165, 1.54) is 0 Å². The van der Waals surface area contributed by atoms with Crippen LogP contribution in [0.4, 0.5) is 5.82 Å². The zero-order valence-electron chi connectivity index (χ0n) is 9.47. The van der Waals surface area contributed by atoms with Gasteiger partial charge in [0, 0.05) is 18.9 Å². The maximum absolute atomic E-state index is 11.4. The Balaban J connectivity index is 2.49. The van der Waals surface area contributed by atoms with Gasteiger partial charge in [-0.15, -0.1) is 0 Å². The number of hydrogen-bond donors (Lipinski definition) is 0. The quantitative estimate of drug-likeness (QED) is 0.769. The number of nitrogens with zero attached hydrogens (tertiary/aromatic N) is 2. The number of fused-ring (bicyclic) bond motifs is 1. The van der Waals surface area contributed by atoms with E-state index in [1.807, 2.05) is 43.3 Å². The van der Waals surface area contributed by atoms with Gasteiger partial charge in [-0.3, -0.25) is 9.69 Å². The first-order valence-electron chi connectivity index (χ1n) is 5.36. The standard InChI is InChI=1S/C13H14N2O/c1-3-15(10(2)16)13-9-8-11-6-4-5-7-12(11)14-13/h4-9H,3H2,1-2H3. The molecule has 0 aliphatic heterocycles. The Labute approximate surface area is 94.7 Å². The van der Waals surface area contributed by atoms with Crippen molar-refractivity contribution in [2.45, 2.75) is 13.8 Å². The predicted molar refractivity (Wildman–Crippen MR) is 65.4 cm³/mol. The minimum absolute atomic E-state index is 0.0188. The fourth-order valence-electron chi connectivity index (χ4n) is 1.75. The van der Waals surface area contributed by atoms with Gasteiger partial charge in [-0.1, -0.05) is 18.2 Å². The van der Waals surface area contributed by atoms with E-state index in [-0.39, 0.29) is 5.91 Å². The fraction of sp³-hybridized carbons (Fsp3) is 0.231. The number of para-hydroxylation sites is 1. The maximum atomic E-state index is 11.4. The first-order valence-corrected chi connectivity index (χ1v) is 5.36. The van der Waals surface area contributed by atoms with Crippen LogP contribution in [-0.2, 0) is 4.79 Å². The van der Waals surface area contributed by atoms with Crippen LogP contribution in [0.25, 0.3) is 10.9 Å². The monoisotopic (exact) mass is 214 g/mol. The summed E-state index contributed by atoms with van der Waals surface area (Å²) in [4.78, 5) is 17.5. The molecule has 0 N–H and O–H groups in total. The lowest BCUT2D eigenvalue weighted by Crippen LogP contribution is -2.28. The molecule has 0 spiro atoms. The predicted octanol–water partition coefficient (Wildman–Crippen LogP) is 2.61. The highest BCUT2D eigenvalue weighted by atomic mass is 16.2. The second-order valence-electron chi connectivity index (χ2n) is 3.63. The molecule has 0 saturated heterocycles. The van der Waals surface area contributed by atoms with Gasteiger partial charge in [0.1, 0.15) is 5.82 Å². The van der Waals surface area contributed by atoms with Crippen molar-refractivity contribution in [3.05, 3.63) is 36.4 Å². The van der Waals surface area contributed by atoms with E-state index in [2.05, 4.69) is 4.98 Å². The first kappa shape index (κ1) is 10.6. The molecule has 82 valence electrons. The van der Waals surface area contributed by atoms with Crippen molar-refractivity contribution in [2.24, 2.45) is 0 Å². The second-order valence-corrected chi connectivity index (χ2v) is 3.63. The van der Waals surface area contributed by atoms with Crippen LogP contribution in [0.1, 0.15) is 13.8 Å². The number of carbonyl (C=O) groups excluding carboxylic acids is 1. The molecule has 1 amide bonds. The first-order chi connectivity index (χ1) is 7.72. The van der Waals surface area contributed by atoms with Gasteiger partial charge < -0.3 is 0 Å². The Kier molecular flexibility index (Phi) is 2.86. The number of pyridine rings is 1. The largest absolute Gasteiger partial charge is 0.297 e. The number of anilines is 1. The Bertz CT molecular complexity index is 522. The van der Waals surface area contributed by atoms with Crippen molar-refractivity contribution >= 4 is 22.6 Å². The summed E-state index contributed by atoms with van der Waals surface area (Å²) in [5.41, 5.74) is 0.916. The van der Waals surface area contributed by atoms with Crippen LogP contribution in [0.2, 0.25) is 0 Å². The summed E-state index contributed by atoms with van der Waals surface area (Å²) in [5, 5.41) is 1.09. The van der Waals surface area contributed by atoms with Gasteiger partial charge in [0.15, 0.2) is 0 Å². The van der Waals surface area contributed by atoms with Crippen LogP contribution in [-0.4, -0.2) is 17.4 Å². The highest BCUT2D eigenvalue weighted by Crippen LogP contribution is 2.17. The van der Waals surface area contributed by atoms with Crippen molar-refractivity contribution < 1.29 is 4.79 Å². The van der Waals surface area contributed by atoms with Crippen LogP contribution in [0.5, 0.6) is 0 Å². The van der Waals surface area contributed by atoms with Gasteiger partial charge in [0.25, 0.3) is 0 Å². The summed E-state index contributed by atoms with van der Waals surface area (Å²) < 4.78 is 0. The third-order valence-electron chi connectivity index (χ3n) is 2.56. The summed E-state index contributed by atoms with van der Waals surface area (Å²) in [6, 6.07) is 11.8. The zero-order chi connectivity index (χ0) is 11.5. The number of rotatable bonds is 2. The van der Waals surface area contributed by atoms with Crippen molar-refractivity contribution in [3.8, 4) is 0 Å². The number of amides is 1. The molecule has 0 atom stereocenters. The summed E-state index contributed by atoms with van der Waals surface area (Å²) in [7, 11) is 0. The van der Waals surface area contributed by atoms with Crippen molar-refractivity contribution in [3.63, 3.8) is 0 Å². The van der Waals surface area contributed by atoms with Gasteiger partial charge in [-0.05, 0) is 25.1 Å². The van der Waals surface area contributed by atoms with Crippen LogP contribution >= 0.6 is 0 Å². The van der Waals surface area contributed by atoms with Gasteiger partial charge in [-0.2, -0.15) is 0 Å². The maximum Gasteiger partial charge on any atom is 0.225 e. The second kappa shape index (κ2) is 4.31. The van der Waals surface area contributed by atoms with Crippen LogP contribution in [0.15, 0.2) is 36.4 Å². The average molecular weight is 214 g/mol. The molecule has 1 aromatic heterocycles. The summed E-state index contributed by atoms with van der Waals surface area (Å²) in [5.74, 6) is 0.735. The smallest absolute Gasteiger partial charge is 0.225 e. The molecular weight excluding hydrogens is 200 g/mol. The van der Waals surface area contributed by atoms with Gasteiger partial charge in [0.2, 0.25) is 5.91 Å². The van der Waals surface area contributed by atoms with Crippen molar-refractivity contribution in [1.82, 2.24) is 4.98 Å². The minimum atomic E-state index is 0.0188. The molecule has 0 bridgehead atoms. The van der Waals surface area contributed by atoms with E-state index in [4.69, 9.17) is 0 Å². The van der Waals surface area contributed by atoms with Crippen LogP contribution in [0, 0.1) is 0 Å². The van der Waals surface area contributed by atoms with Gasteiger partial charge in [0.05, 0.1) is 5.52 Å². The Morgan fingerprint density at radius 1 is 1.25 bits per heavy atom. The summed E-state index contributed by atoms with van der Waals surface area (Å²) in [6.07, 6.45) is 0. The van der Waals surface area contributed by atoms with E-state index in [1.54, 1.807) is 11.8 Å². The highest BCUT2D eigenvalue weighted by Gasteiger charge is 2.10. The molecule has 0 aliphatic rings. The van der Waals surface area contributed by atoms with Gasteiger partial charge >= 0.3 is 0 Å². The molecular formula is C13H14N2O. The molecule has 1 aromatic carbocycles. The number of aromatic nitrogens is 1. The molecule has 1 heterocycles. The SMILES string of the molecule is CCN(C(C)=O)c1ccc2ccccc2n1. The molecule has 0 unspecified atom stereocenters. The molecule has 16 heavy (non-hydrogen) atoms. The lowest BCUT2D eigenvalue weighted by molar-refractivity contribution is -0.116. The van der Waals surface area contributed by atoms with Crippen LogP contribution in [0.3, 0.4) is 0 Å². The van der Waals surface area contributed by atoms with Gasteiger partial charge in [-0.25, -0.2) is 4.98 Å². The molecule has 0 saturated carbocycles. The normalized spacial score (nSPS) is 10.4. The lowest BCUT2D eigenvalue weighted by Gasteiger charge is -2.17. The number of carbonyl (C=O) groups is 1.